The minimum absolute atomic E-state index is 0.00608. The lowest BCUT2D eigenvalue weighted by molar-refractivity contribution is -0.383. The van der Waals surface area contributed by atoms with Crippen molar-refractivity contribution in [2.45, 2.75) is 38.2 Å². The highest BCUT2D eigenvalue weighted by Crippen LogP contribution is 2.29. The summed E-state index contributed by atoms with van der Waals surface area (Å²) in [6.07, 6.45) is 6.83. The van der Waals surface area contributed by atoms with E-state index in [1.54, 1.807) is 24.4 Å². The molecule has 126 valence electrons. The van der Waals surface area contributed by atoms with Crippen molar-refractivity contribution < 1.29 is 14.5 Å². The molecule has 1 N–H and O–H groups in total. The number of nitrogens with one attached hydrogen (secondary N) is 1. The number of anilines is 1. The molecule has 0 spiro atoms. The molecule has 0 amide bonds. The first-order valence-electron chi connectivity index (χ1n) is 8.10. The van der Waals surface area contributed by atoms with Crippen LogP contribution in [-0.4, -0.2) is 28.5 Å². The zero-order valence-corrected chi connectivity index (χ0v) is 13.2. The summed E-state index contributed by atoms with van der Waals surface area (Å²) in [5.41, 5.74) is 1.04. The van der Waals surface area contributed by atoms with Gasteiger partial charge in [0.1, 0.15) is 18.2 Å². The van der Waals surface area contributed by atoms with Gasteiger partial charge in [-0.1, -0.05) is 6.42 Å². The highest BCUT2D eigenvalue weighted by molar-refractivity contribution is 5.97. The molecule has 1 aliphatic rings. The molecular formula is C17H19N3O4. The van der Waals surface area contributed by atoms with Crippen LogP contribution >= 0.6 is 0 Å². The van der Waals surface area contributed by atoms with Crippen LogP contribution in [0.15, 0.2) is 30.5 Å². The van der Waals surface area contributed by atoms with Crippen LogP contribution in [0.3, 0.4) is 0 Å². The van der Waals surface area contributed by atoms with Gasteiger partial charge in [0.05, 0.1) is 16.0 Å². The van der Waals surface area contributed by atoms with Crippen LogP contribution in [0.25, 0.3) is 10.9 Å². The van der Waals surface area contributed by atoms with E-state index in [1.807, 2.05) is 0 Å². The summed E-state index contributed by atoms with van der Waals surface area (Å²) in [7, 11) is 0. The number of hydrogen-bond acceptors (Lipinski definition) is 6. The molecule has 2 aromatic rings. The summed E-state index contributed by atoms with van der Waals surface area (Å²) in [6, 6.07) is 6.28. The predicted molar refractivity (Wildman–Crippen MR) is 89.9 cm³/mol. The van der Waals surface area contributed by atoms with Crippen molar-refractivity contribution in [1.29, 1.82) is 0 Å². The number of nitro benzene ring substituents is 1. The Hall–Kier alpha value is -2.70. The largest absolute Gasteiger partial charge is 0.461 e. The molecular weight excluding hydrogens is 310 g/mol. The molecule has 3 rings (SSSR count). The number of pyridine rings is 1. The highest BCUT2D eigenvalue weighted by atomic mass is 16.6. The molecule has 0 unspecified atom stereocenters. The lowest BCUT2D eigenvalue weighted by Crippen LogP contribution is -2.25. The smallest absolute Gasteiger partial charge is 0.325 e. The van der Waals surface area contributed by atoms with Gasteiger partial charge in [-0.15, -0.1) is 0 Å². The molecule has 0 radical (unpaired) electrons. The first kappa shape index (κ1) is 16.2. The molecule has 0 saturated heterocycles. The maximum atomic E-state index is 12.0. The molecule has 1 aromatic carbocycles. The number of carbonyl (C=O) groups excluding carboxylic acids is 1. The van der Waals surface area contributed by atoms with Gasteiger partial charge in [-0.2, -0.15) is 0 Å². The Balaban J connectivity index is 1.70. The Morgan fingerprint density at radius 2 is 2.08 bits per heavy atom. The molecule has 24 heavy (non-hydrogen) atoms. The number of nitrogens with zero attached hydrogens (tertiary/aromatic N) is 2. The van der Waals surface area contributed by atoms with Gasteiger partial charge in [-0.05, 0) is 43.9 Å². The summed E-state index contributed by atoms with van der Waals surface area (Å²) in [6.45, 7) is 0.0139. The summed E-state index contributed by atoms with van der Waals surface area (Å²) in [4.78, 5) is 26.8. The number of esters is 1. The van der Waals surface area contributed by atoms with E-state index in [-0.39, 0.29) is 24.3 Å². The lowest BCUT2D eigenvalue weighted by Gasteiger charge is -2.22. The first-order chi connectivity index (χ1) is 11.6. The second-order valence-corrected chi connectivity index (χ2v) is 5.89. The lowest BCUT2D eigenvalue weighted by atomic mass is 9.98. The van der Waals surface area contributed by atoms with Crippen LogP contribution in [0.1, 0.15) is 32.1 Å². The average Bonchev–Trinajstić information content (AvgIpc) is 2.60. The Kier molecular flexibility index (Phi) is 4.88. The molecule has 7 nitrogen and oxygen atoms in total. The molecule has 1 aromatic heterocycles. The molecule has 1 saturated carbocycles. The number of nitro groups is 1. The van der Waals surface area contributed by atoms with E-state index in [4.69, 9.17) is 4.74 Å². The normalized spacial score (nSPS) is 15.2. The molecule has 1 heterocycles. The maximum absolute atomic E-state index is 12.0. The molecule has 1 fully saturated rings. The van der Waals surface area contributed by atoms with Gasteiger partial charge in [0.15, 0.2) is 0 Å². The number of benzene rings is 1. The third-order valence-corrected chi connectivity index (χ3v) is 4.22. The maximum Gasteiger partial charge on any atom is 0.325 e. The average molecular weight is 329 g/mol. The number of non-ortho nitro benzene ring substituents is 1. The summed E-state index contributed by atoms with van der Waals surface area (Å²) < 4.78 is 5.46. The van der Waals surface area contributed by atoms with Gasteiger partial charge in [0.2, 0.25) is 0 Å². The van der Waals surface area contributed by atoms with Crippen molar-refractivity contribution in [2.75, 3.05) is 11.9 Å². The van der Waals surface area contributed by atoms with E-state index in [0.29, 0.717) is 16.6 Å². The van der Waals surface area contributed by atoms with E-state index in [2.05, 4.69) is 10.3 Å². The fourth-order valence-corrected chi connectivity index (χ4v) is 3.04. The van der Waals surface area contributed by atoms with Crippen LogP contribution in [-0.2, 0) is 9.53 Å². The van der Waals surface area contributed by atoms with Crippen LogP contribution in [0.2, 0.25) is 0 Å². The zero-order valence-electron chi connectivity index (χ0n) is 13.2. The third-order valence-electron chi connectivity index (χ3n) is 4.22. The van der Waals surface area contributed by atoms with Gasteiger partial charge >= 0.3 is 5.97 Å². The Labute approximate surface area is 139 Å². The van der Waals surface area contributed by atoms with Gasteiger partial charge in [-0.25, -0.2) is 0 Å². The third kappa shape index (κ3) is 3.61. The Morgan fingerprint density at radius 3 is 2.83 bits per heavy atom. The Morgan fingerprint density at radius 1 is 1.29 bits per heavy atom. The number of carbonyl (C=O) groups is 1. The monoisotopic (exact) mass is 329 g/mol. The number of ether oxygens (including phenoxy) is 1. The fourth-order valence-electron chi connectivity index (χ4n) is 3.04. The van der Waals surface area contributed by atoms with Crippen molar-refractivity contribution in [3.63, 3.8) is 0 Å². The van der Waals surface area contributed by atoms with Crippen molar-refractivity contribution in [1.82, 2.24) is 4.98 Å². The summed E-state index contributed by atoms with van der Waals surface area (Å²) in [5, 5.41) is 14.5. The molecule has 1 aliphatic carbocycles. The molecule has 0 atom stereocenters. The van der Waals surface area contributed by atoms with Gasteiger partial charge < -0.3 is 10.1 Å². The van der Waals surface area contributed by atoms with Crippen LogP contribution in [0.5, 0.6) is 0 Å². The van der Waals surface area contributed by atoms with Crippen molar-refractivity contribution >= 4 is 28.2 Å². The van der Waals surface area contributed by atoms with Crippen molar-refractivity contribution in [3.8, 4) is 0 Å². The molecule has 0 aliphatic heterocycles. The molecule has 0 bridgehead atoms. The Bertz CT molecular complexity index is 757. The van der Waals surface area contributed by atoms with Gasteiger partial charge in [-0.3, -0.25) is 19.9 Å². The van der Waals surface area contributed by atoms with E-state index in [9.17, 15) is 14.9 Å². The summed E-state index contributed by atoms with van der Waals surface area (Å²) >= 11 is 0. The predicted octanol–water partition coefficient (Wildman–Crippen LogP) is 3.43. The highest BCUT2D eigenvalue weighted by Gasteiger charge is 2.19. The second kappa shape index (κ2) is 7.25. The molecule has 7 heteroatoms. The van der Waals surface area contributed by atoms with Gasteiger partial charge in [0, 0.05) is 12.3 Å². The topological polar surface area (TPSA) is 94.4 Å². The van der Waals surface area contributed by atoms with Gasteiger partial charge in [0.25, 0.3) is 5.69 Å². The minimum Gasteiger partial charge on any atom is -0.461 e. The number of aromatic nitrogens is 1. The number of rotatable bonds is 5. The second-order valence-electron chi connectivity index (χ2n) is 5.89. The standard InChI is InChI=1S/C17H19N3O4/c21-16(24-12-5-2-1-3-6-12)11-19-14-8-9-15(20(22)23)13-7-4-10-18-17(13)14/h4,7-10,12,19H,1-3,5-6,11H2. The van der Waals surface area contributed by atoms with Crippen LogP contribution < -0.4 is 5.32 Å². The number of hydrogen-bond donors (Lipinski definition) is 1. The van der Waals surface area contributed by atoms with E-state index in [1.165, 1.54) is 12.5 Å². The summed E-state index contributed by atoms with van der Waals surface area (Å²) in [5.74, 6) is -0.315. The zero-order chi connectivity index (χ0) is 16.9. The van der Waals surface area contributed by atoms with E-state index < -0.39 is 4.92 Å². The SMILES string of the molecule is O=C(CNc1ccc([N+](=O)[O-])c2cccnc12)OC1CCCCC1. The van der Waals surface area contributed by atoms with E-state index >= 15 is 0 Å². The van der Waals surface area contributed by atoms with E-state index in [0.717, 1.165) is 25.7 Å². The van der Waals surface area contributed by atoms with Crippen LogP contribution in [0.4, 0.5) is 11.4 Å². The van der Waals surface area contributed by atoms with Crippen molar-refractivity contribution in [2.24, 2.45) is 0 Å². The van der Waals surface area contributed by atoms with Crippen molar-refractivity contribution in [3.05, 3.63) is 40.6 Å². The minimum atomic E-state index is -0.439. The quantitative estimate of drug-likeness (QED) is 0.513. The van der Waals surface area contributed by atoms with Crippen LogP contribution in [0, 0.1) is 10.1 Å². The first-order valence-corrected chi connectivity index (χ1v) is 8.10. The number of fused-ring (bicyclic) bond motifs is 1. The fraction of sp³-hybridized carbons (Fsp3) is 0.412.